The number of guanidine groups is 1. The molecule has 0 unspecified atom stereocenters. The molecule has 9 heteroatoms. The van der Waals surface area contributed by atoms with E-state index in [0.29, 0.717) is 24.8 Å². The summed E-state index contributed by atoms with van der Waals surface area (Å²) in [5.41, 5.74) is 0.770. The van der Waals surface area contributed by atoms with Crippen molar-refractivity contribution in [3.05, 3.63) is 41.3 Å². The summed E-state index contributed by atoms with van der Waals surface area (Å²) >= 11 is 0. The van der Waals surface area contributed by atoms with Crippen LogP contribution in [0.15, 0.2) is 27.7 Å². The molecule has 1 aliphatic rings. The van der Waals surface area contributed by atoms with Gasteiger partial charge in [0.1, 0.15) is 0 Å². The lowest BCUT2D eigenvalue weighted by molar-refractivity contribution is 0.172. The lowest BCUT2D eigenvalue weighted by atomic mass is 9.97. The molecule has 0 aliphatic carbocycles. The van der Waals surface area contributed by atoms with Crippen LogP contribution in [0.25, 0.3) is 0 Å². The number of methoxy groups -OCH3 is 1. The van der Waals surface area contributed by atoms with Gasteiger partial charge < -0.3 is 19.5 Å². The molecule has 30 heavy (non-hydrogen) atoms. The minimum absolute atomic E-state index is 0.171. The van der Waals surface area contributed by atoms with Crippen LogP contribution in [0.5, 0.6) is 5.75 Å². The SMILES string of the molecule is CN=C(NCc1noc(C(C)(C)C)n1)N1CCN(Cc2ccc(OC)c(F)c2)CC1. The van der Waals surface area contributed by atoms with Gasteiger partial charge in [-0.1, -0.05) is 32.0 Å². The van der Waals surface area contributed by atoms with Crippen LogP contribution in [0.3, 0.4) is 0 Å². The summed E-state index contributed by atoms with van der Waals surface area (Å²) in [4.78, 5) is 13.3. The van der Waals surface area contributed by atoms with Crippen LogP contribution in [0.4, 0.5) is 4.39 Å². The minimum atomic E-state index is -0.325. The van der Waals surface area contributed by atoms with Crippen molar-refractivity contribution in [1.29, 1.82) is 0 Å². The molecule has 2 heterocycles. The van der Waals surface area contributed by atoms with Gasteiger partial charge in [0.25, 0.3) is 0 Å². The highest BCUT2D eigenvalue weighted by Crippen LogP contribution is 2.20. The number of benzene rings is 1. The van der Waals surface area contributed by atoms with Gasteiger partial charge in [0.15, 0.2) is 23.4 Å². The Morgan fingerprint density at radius 3 is 2.57 bits per heavy atom. The molecule has 0 saturated carbocycles. The van der Waals surface area contributed by atoms with E-state index >= 15 is 0 Å². The monoisotopic (exact) mass is 418 g/mol. The first-order valence-corrected chi connectivity index (χ1v) is 10.1. The second kappa shape index (κ2) is 9.42. The molecule has 1 aromatic carbocycles. The summed E-state index contributed by atoms with van der Waals surface area (Å²) < 4.78 is 24.2. The van der Waals surface area contributed by atoms with Crippen molar-refractivity contribution in [1.82, 2.24) is 25.3 Å². The van der Waals surface area contributed by atoms with E-state index in [1.54, 1.807) is 19.2 Å². The molecular weight excluding hydrogens is 387 g/mol. The Balaban J connectivity index is 1.49. The van der Waals surface area contributed by atoms with Gasteiger partial charge in [-0.2, -0.15) is 4.98 Å². The highest BCUT2D eigenvalue weighted by atomic mass is 19.1. The summed E-state index contributed by atoms with van der Waals surface area (Å²) in [7, 11) is 3.24. The molecule has 3 rings (SSSR count). The lowest BCUT2D eigenvalue weighted by Gasteiger charge is -2.36. The van der Waals surface area contributed by atoms with E-state index < -0.39 is 0 Å². The van der Waals surface area contributed by atoms with Crippen LogP contribution in [-0.2, 0) is 18.5 Å². The van der Waals surface area contributed by atoms with Crippen molar-refractivity contribution in [2.24, 2.45) is 4.99 Å². The number of hydrogen-bond donors (Lipinski definition) is 1. The Hall–Kier alpha value is -2.68. The number of nitrogens with zero attached hydrogens (tertiary/aromatic N) is 5. The molecule has 1 aromatic heterocycles. The number of piperazine rings is 1. The zero-order chi connectivity index (χ0) is 21.7. The van der Waals surface area contributed by atoms with Crippen LogP contribution in [-0.4, -0.2) is 66.2 Å². The van der Waals surface area contributed by atoms with E-state index in [1.165, 1.54) is 7.11 Å². The van der Waals surface area contributed by atoms with Crippen molar-refractivity contribution in [3.63, 3.8) is 0 Å². The van der Waals surface area contributed by atoms with Crippen LogP contribution in [0.1, 0.15) is 38.0 Å². The molecule has 164 valence electrons. The lowest BCUT2D eigenvalue weighted by Crippen LogP contribution is -2.52. The quantitative estimate of drug-likeness (QED) is 0.590. The molecule has 0 bridgehead atoms. The van der Waals surface area contributed by atoms with E-state index in [9.17, 15) is 4.39 Å². The van der Waals surface area contributed by atoms with Gasteiger partial charge >= 0.3 is 0 Å². The van der Waals surface area contributed by atoms with Gasteiger partial charge in [0.05, 0.1) is 13.7 Å². The fourth-order valence-electron chi connectivity index (χ4n) is 3.31. The molecule has 1 fully saturated rings. The highest BCUT2D eigenvalue weighted by Gasteiger charge is 2.23. The third-order valence-electron chi connectivity index (χ3n) is 5.02. The predicted molar refractivity (Wildman–Crippen MR) is 113 cm³/mol. The maximum Gasteiger partial charge on any atom is 0.232 e. The van der Waals surface area contributed by atoms with E-state index in [4.69, 9.17) is 9.26 Å². The first-order chi connectivity index (χ1) is 14.3. The van der Waals surface area contributed by atoms with E-state index in [2.05, 4.69) is 30.2 Å². The van der Waals surface area contributed by atoms with E-state index in [-0.39, 0.29) is 17.0 Å². The fraction of sp³-hybridized carbons (Fsp3) is 0.571. The van der Waals surface area contributed by atoms with Gasteiger partial charge in [-0.25, -0.2) is 4.39 Å². The second-order valence-corrected chi connectivity index (χ2v) is 8.40. The van der Waals surface area contributed by atoms with Crippen LogP contribution >= 0.6 is 0 Å². The molecule has 1 saturated heterocycles. The first kappa shape index (κ1) is 22.0. The smallest absolute Gasteiger partial charge is 0.232 e. The number of aliphatic imine (C=N–C) groups is 1. The molecule has 1 aliphatic heterocycles. The molecule has 0 radical (unpaired) electrons. The minimum Gasteiger partial charge on any atom is -0.494 e. The molecule has 2 aromatic rings. The third kappa shape index (κ3) is 5.47. The number of aromatic nitrogens is 2. The number of hydrogen-bond acceptors (Lipinski definition) is 6. The Kier molecular flexibility index (Phi) is 6.91. The van der Waals surface area contributed by atoms with Crippen molar-refractivity contribution >= 4 is 5.96 Å². The third-order valence-corrected chi connectivity index (χ3v) is 5.02. The van der Waals surface area contributed by atoms with Gasteiger partial charge in [-0.15, -0.1) is 0 Å². The summed E-state index contributed by atoms with van der Waals surface area (Å²) in [5, 5.41) is 7.36. The normalized spacial score (nSPS) is 16.1. The standard InChI is InChI=1S/C21H31FN6O2/c1-21(2,3)19-25-18(26-30-19)13-24-20(23-4)28-10-8-27(9-11-28)14-15-6-7-17(29-5)16(22)12-15/h6-7,12H,8-11,13-14H2,1-5H3,(H,23,24). The zero-order valence-electron chi connectivity index (χ0n) is 18.4. The van der Waals surface area contributed by atoms with Gasteiger partial charge in [-0.3, -0.25) is 9.89 Å². The molecule has 0 spiro atoms. The second-order valence-electron chi connectivity index (χ2n) is 8.40. The number of rotatable bonds is 5. The van der Waals surface area contributed by atoms with Gasteiger partial charge in [0.2, 0.25) is 5.89 Å². The number of halogens is 1. The fourth-order valence-corrected chi connectivity index (χ4v) is 3.31. The van der Waals surface area contributed by atoms with E-state index in [0.717, 1.165) is 37.7 Å². The Labute approximate surface area is 177 Å². The number of nitrogens with one attached hydrogen (secondary N) is 1. The molecular formula is C21H31FN6O2. The largest absolute Gasteiger partial charge is 0.494 e. The Bertz CT molecular complexity index is 869. The predicted octanol–water partition coefficient (Wildman–Crippen LogP) is 2.41. The van der Waals surface area contributed by atoms with Crippen LogP contribution in [0, 0.1) is 5.82 Å². The van der Waals surface area contributed by atoms with Crippen molar-refractivity contribution in [2.45, 2.75) is 39.3 Å². The average molecular weight is 419 g/mol. The molecule has 1 N–H and O–H groups in total. The van der Waals surface area contributed by atoms with E-state index in [1.807, 2.05) is 26.8 Å². The molecule has 8 nitrogen and oxygen atoms in total. The average Bonchev–Trinajstić information content (AvgIpc) is 3.19. The number of ether oxygens (including phenoxy) is 1. The van der Waals surface area contributed by atoms with Gasteiger partial charge in [-0.05, 0) is 17.7 Å². The van der Waals surface area contributed by atoms with Crippen LogP contribution < -0.4 is 10.1 Å². The highest BCUT2D eigenvalue weighted by molar-refractivity contribution is 5.79. The van der Waals surface area contributed by atoms with Crippen LogP contribution in [0.2, 0.25) is 0 Å². The Morgan fingerprint density at radius 1 is 1.27 bits per heavy atom. The summed E-state index contributed by atoms with van der Waals surface area (Å²) in [6.07, 6.45) is 0. The molecule has 0 amide bonds. The summed E-state index contributed by atoms with van der Waals surface area (Å²) in [6, 6.07) is 5.13. The summed E-state index contributed by atoms with van der Waals surface area (Å²) in [6.45, 7) is 10.7. The topological polar surface area (TPSA) is 79.0 Å². The Morgan fingerprint density at radius 2 is 2.00 bits per heavy atom. The van der Waals surface area contributed by atoms with Crippen molar-refractivity contribution in [2.75, 3.05) is 40.3 Å². The summed E-state index contributed by atoms with van der Waals surface area (Å²) in [5.74, 6) is 2.00. The van der Waals surface area contributed by atoms with Gasteiger partial charge in [0, 0.05) is 45.2 Å². The van der Waals surface area contributed by atoms with Crippen molar-refractivity contribution < 1.29 is 13.7 Å². The zero-order valence-corrected chi connectivity index (χ0v) is 18.4. The maximum atomic E-state index is 13.9. The molecule has 0 atom stereocenters. The van der Waals surface area contributed by atoms with Crippen molar-refractivity contribution in [3.8, 4) is 5.75 Å². The first-order valence-electron chi connectivity index (χ1n) is 10.1. The maximum absolute atomic E-state index is 13.9.